The molecule has 3 aromatic rings. The standard InChI is InChI=1S/C17H19N3O2S2/c1-11-13(12(2)22-19-11)8-20(3)17(21)10-23-9-16-18-14-6-4-5-7-15(14)24-16/h4-7H,8-10H2,1-3H3. The number of carbonyl (C=O) groups excluding carboxylic acids is 1. The summed E-state index contributed by atoms with van der Waals surface area (Å²) in [4.78, 5) is 18.6. The second kappa shape index (κ2) is 7.36. The Kier molecular flexibility index (Phi) is 5.20. The molecule has 0 aliphatic carbocycles. The summed E-state index contributed by atoms with van der Waals surface area (Å²) >= 11 is 3.28. The van der Waals surface area contributed by atoms with Crippen molar-refractivity contribution in [3.05, 3.63) is 46.3 Å². The summed E-state index contributed by atoms with van der Waals surface area (Å²) in [5.74, 6) is 2.07. The van der Waals surface area contributed by atoms with E-state index in [1.807, 2.05) is 39.1 Å². The third-order valence-corrected chi connectivity index (χ3v) is 5.94. The molecule has 0 aliphatic heterocycles. The summed E-state index contributed by atoms with van der Waals surface area (Å²) in [6, 6.07) is 8.10. The lowest BCUT2D eigenvalue weighted by Gasteiger charge is -2.16. The van der Waals surface area contributed by atoms with Gasteiger partial charge in [0, 0.05) is 18.4 Å². The minimum atomic E-state index is 0.0983. The summed E-state index contributed by atoms with van der Waals surface area (Å²) in [6.45, 7) is 4.29. The summed E-state index contributed by atoms with van der Waals surface area (Å²) in [5, 5.41) is 4.98. The number of benzene rings is 1. The molecule has 2 aromatic heterocycles. The molecule has 0 spiro atoms. The van der Waals surface area contributed by atoms with Gasteiger partial charge in [-0.2, -0.15) is 0 Å². The number of carbonyl (C=O) groups is 1. The van der Waals surface area contributed by atoms with Gasteiger partial charge >= 0.3 is 0 Å². The van der Waals surface area contributed by atoms with Gasteiger partial charge in [-0.1, -0.05) is 17.3 Å². The Balaban J connectivity index is 1.51. The number of hydrogen-bond donors (Lipinski definition) is 0. The lowest BCUT2D eigenvalue weighted by molar-refractivity contribution is -0.127. The van der Waals surface area contributed by atoms with Gasteiger partial charge in [0.2, 0.25) is 5.91 Å². The third kappa shape index (κ3) is 3.79. The number of hydrogen-bond acceptors (Lipinski definition) is 6. The molecule has 0 fully saturated rings. The maximum Gasteiger partial charge on any atom is 0.232 e. The van der Waals surface area contributed by atoms with Crippen LogP contribution in [0.3, 0.4) is 0 Å². The van der Waals surface area contributed by atoms with Gasteiger partial charge in [0.1, 0.15) is 10.8 Å². The lowest BCUT2D eigenvalue weighted by Crippen LogP contribution is -2.28. The van der Waals surface area contributed by atoms with E-state index in [2.05, 4.69) is 16.2 Å². The summed E-state index contributed by atoms with van der Waals surface area (Å²) < 4.78 is 6.33. The van der Waals surface area contributed by atoms with E-state index in [9.17, 15) is 4.79 Å². The number of rotatable bonds is 6. The Bertz CT molecular complexity index is 804. The first-order valence-electron chi connectivity index (χ1n) is 7.62. The Morgan fingerprint density at radius 2 is 2.12 bits per heavy atom. The van der Waals surface area contributed by atoms with Gasteiger partial charge in [0.15, 0.2) is 0 Å². The first kappa shape index (κ1) is 17.0. The molecule has 0 unspecified atom stereocenters. The number of amides is 1. The Morgan fingerprint density at radius 1 is 1.33 bits per heavy atom. The second-order valence-corrected chi connectivity index (χ2v) is 7.72. The van der Waals surface area contributed by atoms with E-state index in [4.69, 9.17) is 4.52 Å². The van der Waals surface area contributed by atoms with Crippen LogP contribution in [0.1, 0.15) is 22.0 Å². The smallest absolute Gasteiger partial charge is 0.232 e. The van der Waals surface area contributed by atoms with Crippen LogP contribution in [0.2, 0.25) is 0 Å². The zero-order chi connectivity index (χ0) is 17.1. The van der Waals surface area contributed by atoms with Crippen molar-refractivity contribution in [2.45, 2.75) is 26.1 Å². The van der Waals surface area contributed by atoms with Gasteiger partial charge in [-0.15, -0.1) is 23.1 Å². The summed E-state index contributed by atoms with van der Waals surface area (Å²) in [6.07, 6.45) is 0. The first-order valence-corrected chi connectivity index (χ1v) is 9.59. The molecule has 0 saturated carbocycles. The second-order valence-electron chi connectivity index (χ2n) is 5.62. The van der Waals surface area contributed by atoms with Gasteiger partial charge in [-0.25, -0.2) is 4.98 Å². The van der Waals surface area contributed by atoms with E-state index in [1.54, 1.807) is 28.0 Å². The number of aryl methyl sites for hydroxylation is 2. The molecule has 7 heteroatoms. The van der Waals surface area contributed by atoms with Crippen molar-refractivity contribution < 1.29 is 9.32 Å². The molecule has 0 bridgehead atoms. The van der Waals surface area contributed by atoms with E-state index in [-0.39, 0.29) is 5.91 Å². The molecule has 3 rings (SSSR count). The van der Waals surface area contributed by atoms with Crippen molar-refractivity contribution >= 4 is 39.2 Å². The predicted octanol–water partition coefficient (Wildman–Crippen LogP) is 3.79. The number of nitrogens with zero attached hydrogens (tertiary/aromatic N) is 3. The van der Waals surface area contributed by atoms with Crippen LogP contribution in [0, 0.1) is 13.8 Å². The van der Waals surface area contributed by atoms with E-state index in [0.717, 1.165) is 33.3 Å². The normalized spacial score (nSPS) is 11.1. The van der Waals surface area contributed by atoms with Crippen molar-refractivity contribution in [3.8, 4) is 0 Å². The number of fused-ring (bicyclic) bond motifs is 1. The average molecular weight is 361 g/mol. The van der Waals surface area contributed by atoms with Gasteiger partial charge in [0.25, 0.3) is 0 Å². The molecular weight excluding hydrogens is 342 g/mol. The molecule has 1 amide bonds. The molecule has 2 heterocycles. The lowest BCUT2D eigenvalue weighted by atomic mass is 10.2. The molecule has 0 aliphatic rings. The van der Waals surface area contributed by atoms with E-state index >= 15 is 0 Å². The molecule has 5 nitrogen and oxygen atoms in total. The monoisotopic (exact) mass is 361 g/mol. The van der Waals surface area contributed by atoms with Crippen LogP contribution in [-0.2, 0) is 17.1 Å². The third-order valence-electron chi connectivity index (χ3n) is 3.79. The molecule has 0 N–H and O–H groups in total. The number of aromatic nitrogens is 2. The number of thioether (sulfide) groups is 1. The average Bonchev–Trinajstić information content (AvgIpc) is 3.12. The van der Waals surface area contributed by atoms with Crippen molar-refractivity contribution in [2.75, 3.05) is 12.8 Å². The van der Waals surface area contributed by atoms with Gasteiger partial charge in [-0.05, 0) is 26.0 Å². The van der Waals surface area contributed by atoms with E-state index in [0.29, 0.717) is 12.3 Å². The van der Waals surface area contributed by atoms with Crippen molar-refractivity contribution in [1.29, 1.82) is 0 Å². The van der Waals surface area contributed by atoms with E-state index in [1.165, 1.54) is 4.70 Å². The molecule has 24 heavy (non-hydrogen) atoms. The van der Waals surface area contributed by atoms with Crippen LogP contribution in [0.25, 0.3) is 10.2 Å². The van der Waals surface area contributed by atoms with Crippen LogP contribution in [-0.4, -0.2) is 33.7 Å². The molecule has 126 valence electrons. The minimum absolute atomic E-state index is 0.0983. The van der Waals surface area contributed by atoms with Crippen LogP contribution in [0.4, 0.5) is 0 Å². The highest BCUT2D eigenvalue weighted by atomic mass is 32.2. The fourth-order valence-electron chi connectivity index (χ4n) is 2.37. The molecule has 0 atom stereocenters. The van der Waals surface area contributed by atoms with Gasteiger partial charge in [0.05, 0.1) is 28.2 Å². The zero-order valence-corrected chi connectivity index (χ0v) is 15.5. The molecular formula is C17H19N3O2S2. The summed E-state index contributed by atoms with van der Waals surface area (Å²) in [7, 11) is 1.81. The fraction of sp³-hybridized carbons (Fsp3) is 0.353. The predicted molar refractivity (Wildman–Crippen MR) is 98.2 cm³/mol. The number of para-hydroxylation sites is 1. The largest absolute Gasteiger partial charge is 0.361 e. The van der Waals surface area contributed by atoms with Crippen LogP contribution in [0.15, 0.2) is 28.8 Å². The van der Waals surface area contributed by atoms with Gasteiger partial charge < -0.3 is 9.42 Å². The Morgan fingerprint density at radius 3 is 2.83 bits per heavy atom. The minimum Gasteiger partial charge on any atom is -0.361 e. The maximum atomic E-state index is 12.3. The zero-order valence-electron chi connectivity index (χ0n) is 13.9. The van der Waals surface area contributed by atoms with Crippen LogP contribution in [0.5, 0.6) is 0 Å². The quantitative estimate of drug-likeness (QED) is 0.668. The number of thiazole rings is 1. The SMILES string of the molecule is Cc1noc(C)c1CN(C)C(=O)CSCc1nc2ccccc2s1. The van der Waals surface area contributed by atoms with E-state index < -0.39 is 0 Å². The van der Waals surface area contributed by atoms with Crippen molar-refractivity contribution in [3.63, 3.8) is 0 Å². The van der Waals surface area contributed by atoms with Crippen LogP contribution >= 0.6 is 23.1 Å². The molecule has 0 radical (unpaired) electrons. The topological polar surface area (TPSA) is 59.2 Å². The van der Waals surface area contributed by atoms with Gasteiger partial charge in [-0.3, -0.25) is 4.79 Å². The highest BCUT2D eigenvalue weighted by Gasteiger charge is 2.15. The molecule has 0 saturated heterocycles. The summed E-state index contributed by atoms with van der Waals surface area (Å²) in [5.41, 5.74) is 2.86. The fourth-order valence-corrected chi connectivity index (χ4v) is 4.36. The Labute approximate surface area is 149 Å². The highest BCUT2D eigenvalue weighted by molar-refractivity contribution is 7.99. The Hall–Kier alpha value is -1.86. The van der Waals surface area contributed by atoms with Crippen molar-refractivity contribution in [1.82, 2.24) is 15.0 Å². The maximum absolute atomic E-state index is 12.3. The first-order chi connectivity index (χ1) is 11.5. The molecule has 1 aromatic carbocycles. The van der Waals surface area contributed by atoms with Crippen molar-refractivity contribution in [2.24, 2.45) is 0 Å². The van der Waals surface area contributed by atoms with Crippen LogP contribution < -0.4 is 0 Å². The highest BCUT2D eigenvalue weighted by Crippen LogP contribution is 2.25.